The van der Waals surface area contributed by atoms with E-state index < -0.39 is 0 Å². The van der Waals surface area contributed by atoms with Crippen LogP contribution in [0.4, 0.5) is 4.39 Å². The van der Waals surface area contributed by atoms with Gasteiger partial charge in [0.1, 0.15) is 5.82 Å². The highest BCUT2D eigenvalue weighted by Gasteiger charge is 2.41. The molecule has 1 aromatic carbocycles. The quantitative estimate of drug-likeness (QED) is 0.803. The van der Waals surface area contributed by atoms with E-state index in [9.17, 15) is 14.0 Å². The minimum absolute atomic E-state index is 0.0323. The van der Waals surface area contributed by atoms with Crippen LogP contribution in [-0.4, -0.2) is 62.6 Å². The van der Waals surface area contributed by atoms with Gasteiger partial charge in [0.15, 0.2) is 5.82 Å². The van der Waals surface area contributed by atoms with Crippen molar-refractivity contribution in [2.45, 2.75) is 38.9 Å². The van der Waals surface area contributed by atoms with Crippen LogP contribution in [0.15, 0.2) is 24.3 Å². The zero-order valence-electron chi connectivity index (χ0n) is 17.6. The fourth-order valence-corrected chi connectivity index (χ4v) is 4.94. The monoisotopic (exact) mass is 426 g/mol. The largest absolute Gasteiger partial charge is 0.345 e. The lowest BCUT2D eigenvalue weighted by molar-refractivity contribution is -0.143. The lowest BCUT2D eigenvalue weighted by Gasteiger charge is -2.45. The molecule has 1 atom stereocenters. The summed E-state index contributed by atoms with van der Waals surface area (Å²) in [5.41, 5.74) is 0.811. The van der Waals surface area contributed by atoms with E-state index in [0.717, 1.165) is 43.9 Å². The van der Waals surface area contributed by atoms with Crippen molar-refractivity contribution in [2.24, 2.45) is 11.8 Å². The molecule has 3 heterocycles. The third-order valence-electron chi connectivity index (χ3n) is 6.78. The number of fused-ring (bicyclic) bond motifs is 3. The van der Waals surface area contributed by atoms with Gasteiger partial charge in [-0.2, -0.15) is 0 Å². The highest BCUT2D eigenvalue weighted by molar-refractivity contribution is 5.90. The van der Waals surface area contributed by atoms with Gasteiger partial charge < -0.3 is 14.8 Å². The standard InChI is InChI=1S/C22H27FN6O2/c1-14-10-16(11-14)22(31)28-7-6-27-8-9-29-19(18(27)13-28)25-26-20(29)21(30)24-12-15-2-4-17(23)5-3-15/h2-5,14,16,18H,6-13H2,1H3,(H,24,30)/t14?,16?,18-/m1/s1. The van der Waals surface area contributed by atoms with Gasteiger partial charge >= 0.3 is 0 Å². The molecule has 1 saturated heterocycles. The summed E-state index contributed by atoms with van der Waals surface area (Å²) in [4.78, 5) is 29.9. The Bertz CT molecular complexity index is 984. The number of halogens is 1. The van der Waals surface area contributed by atoms with Crippen LogP contribution < -0.4 is 5.32 Å². The SMILES string of the molecule is CC1CC(C(=O)N2CCN3CCn4c(C(=O)NCc5ccc(F)cc5)nnc4[C@H]3C2)C1. The van der Waals surface area contributed by atoms with Gasteiger partial charge in [-0.3, -0.25) is 14.5 Å². The average Bonchev–Trinajstić information content (AvgIpc) is 3.20. The molecule has 31 heavy (non-hydrogen) atoms. The fraction of sp³-hybridized carbons (Fsp3) is 0.545. The van der Waals surface area contributed by atoms with Crippen molar-refractivity contribution in [1.29, 1.82) is 0 Å². The van der Waals surface area contributed by atoms with E-state index in [4.69, 9.17) is 0 Å². The number of nitrogens with one attached hydrogen (secondary N) is 1. The van der Waals surface area contributed by atoms with Crippen molar-refractivity contribution in [3.63, 3.8) is 0 Å². The van der Waals surface area contributed by atoms with Gasteiger partial charge in [-0.25, -0.2) is 4.39 Å². The third kappa shape index (κ3) is 3.82. The molecule has 0 bridgehead atoms. The Kier molecular flexibility index (Phi) is 5.21. The van der Waals surface area contributed by atoms with Crippen molar-refractivity contribution in [1.82, 2.24) is 29.9 Å². The molecule has 2 aliphatic heterocycles. The first-order valence-electron chi connectivity index (χ1n) is 11.0. The molecular weight excluding hydrogens is 399 g/mol. The molecule has 0 unspecified atom stereocenters. The van der Waals surface area contributed by atoms with Crippen LogP contribution in [0.3, 0.4) is 0 Å². The van der Waals surface area contributed by atoms with E-state index in [1.165, 1.54) is 12.1 Å². The molecule has 1 aromatic heterocycles. The van der Waals surface area contributed by atoms with Crippen LogP contribution in [0.5, 0.6) is 0 Å². The van der Waals surface area contributed by atoms with Crippen molar-refractivity contribution < 1.29 is 14.0 Å². The topological polar surface area (TPSA) is 83.4 Å². The number of rotatable bonds is 4. The normalized spacial score (nSPS) is 25.4. The summed E-state index contributed by atoms with van der Waals surface area (Å²) in [7, 11) is 0. The molecule has 164 valence electrons. The first-order valence-corrected chi connectivity index (χ1v) is 11.0. The van der Waals surface area contributed by atoms with Gasteiger partial charge in [0.05, 0.1) is 6.04 Å². The van der Waals surface area contributed by atoms with Gasteiger partial charge in [-0.05, 0) is 36.5 Å². The van der Waals surface area contributed by atoms with E-state index in [0.29, 0.717) is 25.6 Å². The predicted molar refractivity (Wildman–Crippen MR) is 110 cm³/mol. The number of nitrogens with zero attached hydrogens (tertiary/aromatic N) is 5. The summed E-state index contributed by atoms with van der Waals surface area (Å²) in [5, 5.41) is 11.3. The number of hydrogen-bond donors (Lipinski definition) is 1. The number of benzene rings is 1. The second-order valence-electron chi connectivity index (χ2n) is 8.95. The van der Waals surface area contributed by atoms with Crippen LogP contribution in [0, 0.1) is 17.7 Å². The van der Waals surface area contributed by atoms with Gasteiger partial charge in [0.25, 0.3) is 5.91 Å². The van der Waals surface area contributed by atoms with Gasteiger partial charge in [0.2, 0.25) is 11.7 Å². The number of amides is 2. The molecule has 5 rings (SSSR count). The Morgan fingerprint density at radius 3 is 2.58 bits per heavy atom. The van der Waals surface area contributed by atoms with Crippen LogP contribution in [0.1, 0.15) is 47.8 Å². The first-order chi connectivity index (χ1) is 15.0. The molecule has 1 N–H and O–H groups in total. The predicted octanol–water partition coefficient (Wildman–Crippen LogP) is 1.59. The summed E-state index contributed by atoms with van der Waals surface area (Å²) in [5.74, 6) is 1.49. The van der Waals surface area contributed by atoms with Crippen molar-refractivity contribution in [2.75, 3.05) is 26.2 Å². The van der Waals surface area contributed by atoms with Gasteiger partial charge in [-0.15, -0.1) is 10.2 Å². The summed E-state index contributed by atoms with van der Waals surface area (Å²) in [6.45, 7) is 6.09. The van der Waals surface area contributed by atoms with Gasteiger partial charge in [0, 0.05) is 45.2 Å². The maximum atomic E-state index is 13.1. The van der Waals surface area contributed by atoms with E-state index in [-0.39, 0.29) is 35.4 Å². The maximum Gasteiger partial charge on any atom is 0.289 e. The van der Waals surface area contributed by atoms with E-state index in [1.807, 2.05) is 9.47 Å². The third-order valence-corrected chi connectivity index (χ3v) is 6.78. The number of piperazine rings is 1. The molecule has 0 radical (unpaired) electrons. The molecule has 2 fully saturated rings. The smallest absolute Gasteiger partial charge is 0.289 e. The highest BCUT2D eigenvalue weighted by Crippen LogP contribution is 2.36. The lowest BCUT2D eigenvalue weighted by atomic mass is 9.75. The number of carbonyl (C=O) groups excluding carboxylic acids is 2. The highest BCUT2D eigenvalue weighted by atomic mass is 19.1. The second kappa shape index (κ2) is 8.03. The zero-order chi connectivity index (χ0) is 21.5. The summed E-state index contributed by atoms with van der Waals surface area (Å²) in [6.07, 6.45) is 1.97. The minimum atomic E-state index is -0.307. The molecule has 1 saturated carbocycles. The Labute approximate surface area is 180 Å². The summed E-state index contributed by atoms with van der Waals surface area (Å²) >= 11 is 0. The van der Waals surface area contributed by atoms with Crippen molar-refractivity contribution >= 4 is 11.8 Å². The summed E-state index contributed by atoms with van der Waals surface area (Å²) < 4.78 is 14.9. The molecule has 2 aromatic rings. The van der Waals surface area contributed by atoms with Crippen molar-refractivity contribution in [3.05, 3.63) is 47.3 Å². The summed E-state index contributed by atoms with van der Waals surface area (Å²) in [6, 6.07) is 5.99. The van der Waals surface area contributed by atoms with Crippen LogP contribution >= 0.6 is 0 Å². The second-order valence-corrected chi connectivity index (χ2v) is 8.95. The Morgan fingerprint density at radius 1 is 1.10 bits per heavy atom. The molecule has 1 aliphatic carbocycles. The Hall–Kier alpha value is -2.81. The molecule has 2 amide bonds. The lowest BCUT2D eigenvalue weighted by Crippen LogP contribution is -2.55. The van der Waals surface area contributed by atoms with Crippen LogP contribution in [0.2, 0.25) is 0 Å². The number of hydrogen-bond acceptors (Lipinski definition) is 5. The van der Waals surface area contributed by atoms with E-state index in [2.05, 4.69) is 27.3 Å². The Morgan fingerprint density at radius 2 is 1.84 bits per heavy atom. The molecule has 8 nitrogen and oxygen atoms in total. The first kappa shape index (κ1) is 20.1. The Balaban J connectivity index is 1.27. The zero-order valence-corrected chi connectivity index (χ0v) is 17.6. The number of aromatic nitrogens is 3. The van der Waals surface area contributed by atoms with Crippen LogP contribution in [-0.2, 0) is 17.9 Å². The average molecular weight is 426 g/mol. The molecular formula is C22H27FN6O2. The molecule has 0 spiro atoms. The van der Waals surface area contributed by atoms with Crippen LogP contribution in [0.25, 0.3) is 0 Å². The minimum Gasteiger partial charge on any atom is -0.345 e. The van der Waals surface area contributed by atoms with E-state index in [1.54, 1.807) is 12.1 Å². The fourth-order valence-electron chi connectivity index (χ4n) is 4.94. The van der Waals surface area contributed by atoms with Gasteiger partial charge in [-0.1, -0.05) is 19.1 Å². The van der Waals surface area contributed by atoms with E-state index >= 15 is 0 Å². The van der Waals surface area contributed by atoms with Crippen molar-refractivity contribution in [3.8, 4) is 0 Å². The number of carbonyl (C=O) groups is 2. The maximum absolute atomic E-state index is 13.1. The molecule has 3 aliphatic rings. The molecule has 9 heteroatoms.